The summed E-state index contributed by atoms with van der Waals surface area (Å²) >= 11 is 0. The van der Waals surface area contributed by atoms with Gasteiger partial charge in [0.25, 0.3) is 0 Å². The van der Waals surface area contributed by atoms with E-state index in [1.54, 1.807) is 0 Å². The minimum absolute atomic E-state index is 0.0314. The zero-order valence-corrected chi connectivity index (χ0v) is 12.7. The second-order valence-electron chi connectivity index (χ2n) is 5.77. The number of hydrogen-bond acceptors (Lipinski definition) is 2. The molecule has 1 heterocycles. The Morgan fingerprint density at radius 3 is 2.70 bits per heavy atom. The Morgan fingerprint density at radius 2 is 2.05 bits per heavy atom. The lowest BCUT2D eigenvalue weighted by Gasteiger charge is -2.22. The lowest BCUT2D eigenvalue weighted by atomic mass is 9.98. The molecule has 1 aliphatic rings. The largest absolute Gasteiger partial charge is 0.355 e. The first-order chi connectivity index (χ1) is 9.68. The van der Waals surface area contributed by atoms with E-state index in [1.807, 2.05) is 0 Å². The molecule has 1 saturated heterocycles. The van der Waals surface area contributed by atoms with Crippen LogP contribution in [0.1, 0.15) is 42.4 Å². The summed E-state index contributed by atoms with van der Waals surface area (Å²) in [5.74, 6) is 0.172. The SMILES string of the molecule is Cc1cccc(C)c1CCCNC(=O)[C@H]1CCCCN1. The van der Waals surface area contributed by atoms with Gasteiger partial charge in [0.15, 0.2) is 0 Å². The summed E-state index contributed by atoms with van der Waals surface area (Å²) in [5.41, 5.74) is 4.13. The third kappa shape index (κ3) is 4.07. The van der Waals surface area contributed by atoms with Gasteiger partial charge in [0.1, 0.15) is 0 Å². The number of carbonyl (C=O) groups excluding carboxylic acids is 1. The van der Waals surface area contributed by atoms with Crippen LogP contribution in [0.4, 0.5) is 0 Å². The van der Waals surface area contributed by atoms with Gasteiger partial charge >= 0.3 is 0 Å². The minimum atomic E-state index is 0.0314. The molecule has 1 amide bonds. The van der Waals surface area contributed by atoms with Crippen LogP contribution in [0.25, 0.3) is 0 Å². The van der Waals surface area contributed by atoms with E-state index < -0.39 is 0 Å². The van der Waals surface area contributed by atoms with Gasteiger partial charge in [-0.05, 0) is 62.8 Å². The number of aryl methyl sites for hydroxylation is 2. The number of rotatable bonds is 5. The monoisotopic (exact) mass is 274 g/mol. The van der Waals surface area contributed by atoms with Gasteiger partial charge in [-0.25, -0.2) is 0 Å². The predicted octanol–water partition coefficient (Wildman–Crippen LogP) is 2.49. The van der Waals surface area contributed by atoms with Gasteiger partial charge in [-0.3, -0.25) is 4.79 Å². The standard InChI is InChI=1S/C17H26N2O/c1-13-7-5-8-14(2)15(13)9-6-12-19-17(20)16-10-3-4-11-18-16/h5,7-8,16,18H,3-4,6,9-12H2,1-2H3,(H,19,20)/t16-/m1/s1. The fourth-order valence-corrected chi connectivity index (χ4v) is 2.92. The molecule has 3 heteroatoms. The van der Waals surface area contributed by atoms with E-state index in [2.05, 4.69) is 42.7 Å². The van der Waals surface area contributed by atoms with Crippen LogP contribution in [0.2, 0.25) is 0 Å². The Kier molecular flexibility index (Phi) is 5.60. The molecule has 20 heavy (non-hydrogen) atoms. The number of amides is 1. The molecule has 2 rings (SSSR count). The second kappa shape index (κ2) is 7.44. The van der Waals surface area contributed by atoms with Crippen LogP contribution in [0.5, 0.6) is 0 Å². The van der Waals surface area contributed by atoms with Crippen molar-refractivity contribution in [2.24, 2.45) is 0 Å². The summed E-state index contributed by atoms with van der Waals surface area (Å²) in [6.45, 7) is 6.06. The Balaban J connectivity index is 1.72. The summed E-state index contributed by atoms with van der Waals surface area (Å²) in [4.78, 5) is 12.0. The number of benzene rings is 1. The molecule has 110 valence electrons. The molecular weight excluding hydrogens is 248 g/mol. The smallest absolute Gasteiger partial charge is 0.237 e. The van der Waals surface area contributed by atoms with Crippen molar-refractivity contribution in [3.63, 3.8) is 0 Å². The zero-order chi connectivity index (χ0) is 14.4. The Hall–Kier alpha value is -1.35. The molecule has 0 unspecified atom stereocenters. The van der Waals surface area contributed by atoms with Crippen LogP contribution in [0, 0.1) is 13.8 Å². The van der Waals surface area contributed by atoms with E-state index in [9.17, 15) is 4.79 Å². The normalized spacial score (nSPS) is 18.8. The third-order valence-corrected chi connectivity index (χ3v) is 4.17. The van der Waals surface area contributed by atoms with E-state index in [-0.39, 0.29) is 11.9 Å². The maximum Gasteiger partial charge on any atom is 0.237 e. The van der Waals surface area contributed by atoms with Crippen molar-refractivity contribution in [1.29, 1.82) is 0 Å². The Labute approximate surface area is 122 Å². The molecule has 0 bridgehead atoms. The first-order valence-electron chi connectivity index (χ1n) is 7.74. The van der Waals surface area contributed by atoms with E-state index in [0.717, 1.165) is 38.8 Å². The van der Waals surface area contributed by atoms with Crippen LogP contribution in [0.3, 0.4) is 0 Å². The predicted molar refractivity (Wildman–Crippen MR) is 82.9 cm³/mol. The van der Waals surface area contributed by atoms with Crippen molar-refractivity contribution in [2.45, 2.75) is 52.0 Å². The van der Waals surface area contributed by atoms with Gasteiger partial charge in [0, 0.05) is 6.54 Å². The fourth-order valence-electron chi connectivity index (χ4n) is 2.92. The first-order valence-corrected chi connectivity index (χ1v) is 7.74. The Bertz CT molecular complexity index is 430. The summed E-state index contributed by atoms with van der Waals surface area (Å²) in [7, 11) is 0. The molecule has 1 aliphatic heterocycles. The molecule has 1 aromatic rings. The van der Waals surface area contributed by atoms with Crippen molar-refractivity contribution in [3.05, 3.63) is 34.9 Å². The first kappa shape index (κ1) is 15.0. The van der Waals surface area contributed by atoms with Gasteiger partial charge in [-0.1, -0.05) is 24.6 Å². The number of nitrogens with one attached hydrogen (secondary N) is 2. The summed E-state index contributed by atoms with van der Waals surface area (Å²) in [6, 6.07) is 6.45. The third-order valence-electron chi connectivity index (χ3n) is 4.17. The number of carbonyl (C=O) groups is 1. The quantitative estimate of drug-likeness (QED) is 0.810. The molecule has 0 aliphatic carbocycles. The summed E-state index contributed by atoms with van der Waals surface area (Å²) in [6.07, 6.45) is 5.37. The molecule has 0 saturated carbocycles. The molecule has 1 aromatic carbocycles. The second-order valence-corrected chi connectivity index (χ2v) is 5.77. The van der Waals surface area contributed by atoms with Crippen LogP contribution in [-0.2, 0) is 11.2 Å². The average Bonchev–Trinajstić information content (AvgIpc) is 2.46. The average molecular weight is 274 g/mol. The lowest BCUT2D eigenvalue weighted by Crippen LogP contribution is -2.46. The molecular formula is C17H26N2O. The highest BCUT2D eigenvalue weighted by molar-refractivity contribution is 5.81. The summed E-state index contributed by atoms with van der Waals surface area (Å²) < 4.78 is 0. The van der Waals surface area contributed by atoms with Gasteiger partial charge < -0.3 is 10.6 Å². The molecule has 2 N–H and O–H groups in total. The van der Waals surface area contributed by atoms with E-state index in [4.69, 9.17) is 0 Å². The number of hydrogen-bond donors (Lipinski definition) is 2. The van der Waals surface area contributed by atoms with E-state index in [1.165, 1.54) is 23.1 Å². The maximum atomic E-state index is 12.0. The van der Waals surface area contributed by atoms with Crippen molar-refractivity contribution in [2.75, 3.05) is 13.1 Å². The van der Waals surface area contributed by atoms with Crippen molar-refractivity contribution in [3.8, 4) is 0 Å². The fraction of sp³-hybridized carbons (Fsp3) is 0.588. The molecule has 0 aromatic heterocycles. The molecule has 0 spiro atoms. The number of piperidine rings is 1. The van der Waals surface area contributed by atoms with Crippen LogP contribution in [-0.4, -0.2) is 25.0 Å². The van der Waals surface area contributed by atoms with Crippen molar-refractivity contribution >= 4 is 5.91 Å². The topological polar surface area (TPSA) is 41.1 Å². The van der Waals surface area contributed by atoms with Gasteiger partial charge in [0.05, 0.1) is 6.04 Å². The molecule has 1 fully saturated rings. The van der Waals surface area contributed by atoms with Crippen LogP contribution < -0.4 is 10.6 Å². The van der Waals surface area contributed by atoms with Crippen molar-refractivity contribution in [1.82, 2.24) is 10.6 Å². The van der Waals surface area contributed by atoms with Gasteiger partial charge in [-0.2, -0.15) is 0 Å². The lowest BCUT2D eigenvalue weighted by molar-refractivity contribution is -0.123. The van der Waals surface area contributed by atoms with Crippen LogP contribution >= 0.6 is 0 Å². The highest BCUT2D eigenvalue weighted by Gasteiger charge is 2.19. The van der Waals surface area contributed by atoms with Gasteiger partial charge in [-0.15, -0.1) is 0 Å². The minimum Gasteiger partial charge on any atom is -0.355 e. The van der Waals surface area contributed by atoms with Crippen molar-refractivity contribution < 1.29 is 4.79 Å². The van der Waals surface area contributed by atoms with Crippen LogP contribution in [0.15, 0.2) is 18.2 Å². The summed E-state index contributed by atoms with van der Waals surface area (Å²) in [5, 5.41) is 6.34. The maximum absolute atomic E-state index is 12.0. The highest BCUT2D eigenvalue weighted by Crippen LogP contribution is 2.15. The zero-order valence-electron chi connectivity index (χ0n) is 12.7. The van der Waals surface area contributed by atoms with E-state index in [0.29, 0.717) is 0 Å². The molecule has 1 atom stereocenters. The molecule has 0 radical (unpaired) electrons. The molecule has 3 nitrogen and oxygen atoms in total. The Morgan fingerprint density at radius 1 is 1.30 bits per heavy atom. The van der Waals surface area contributed by atoms with Gasteiger partial charge in [0.2, 0.25) is 5.91 Å². The van der Waals surface area contributed by atoms with E-state index >= 15 is 0 Å². The highest BCUT2D eigenvalue weighted by atomic mass is 16.2.